The number of nitrogens with zero attached hydrogens (tertiary/aromatic N) is 5. The van der Waals surface area contributed by atoms with Gasteiger partial charge in [-0.2, -0.15) is 0 Å². The quantitative estimate of drug-likeness (QED) is 0.356. The molecule has 0 bridgehead atoms. The van der Waals surface area contributed by atoms with E-state index in [0.717, 1.165) is 33.8 Å². The molecule has 1 amide bonds. The Labute approximate surface area is 181 Å². The number of para-hydroxylation sites is 1. The Balaban J connectivity index is 1.51. The van der Waals surface area contributed by atoms with Gasteiger partial charge in [-0.25, -0.2) is 4.98 Å². The Morgan fingerprint density at radius 2 is 1.97 bits per heavy atom. The van der Waals surface area contributed by atoms with Crippen molar-refractivity contribution < 1.29 is 4.79 Å². The van der Waals surface area contributed by atoms with Crippen LogP contribution in [-0.4, -0.2) is 25.7 Å². The summed E-state index contributed by atoms with van der Waals surface area (Å²) in [6.07, 6.45) is 0. The molecule has 4 aromatic rings. The molecule has 3 aromatic heterocycles. The minimum atomic E-state index is -0.0592. The highest BCUT2D eigenvalue weighted by molar-refractivity contribution is 7.98. The number of rotatable bonds is 7. The summed E-state index contributed by atoms with van der Waals surface area (Å²) in [5.41, 5.74) is 1.74. The van der Waals surface area contributed by atoms with Crippen molar-refractivity contribution in [3.63, 3.8) is 0 Å². The van der Waals surface area contributed by atoms with Gasteiger partial charge in [0.05, 0.1) is 16.3 Å². The van der Waals surface area contributed by atoms with E-state index >= 15 is 0 Å². The number of hydrogen-bond acceptors (Lipinski definition) is 7. The molecule has 0 saturated heterocycles. The van der Waals surface area contributed by atoms with Crippen LogP contribution in [0.15, 0.2) is 58.4 Å². The number of amides is 1. The molecule has 0 radical (unpaired) electrons. The van der Waals surface area contributed by atoms with Gasteiger partial charge < -0.3 is 4.57 Å². The van der Waals surface area contributed by atoms with Crippen molar-refractivity contribution in [2.75, 3.05) is 4.90 Å². The van der Waals surface area contributed by atoms with Gasteiger partial charge in [0.2, 0.25) is 5.91 Å². The molecule has 9 heteroatoms. The third kappa shape index (κ3) is 4.26. The molecule has 0 aliphatic heterocycles. The van der Waals surface area contributed by atoms with Crippen LogP contribution in [0.2, 0.25) is 0 Å². The SMILES string of the molecule is CCn1c(SCc2csc(N(C(C)=O)c3ccccc3)n2)nnc1-c1cccs1. The van der Waals surface area contributed by atoms with E-state index in [0.29, 0.717) is 10.9 Å². The second-order valence-corrected chi connectivity index (χ2v) is 8.85. The van der Waals surface area contributed by atoms with Gasteiger partial charge in [-0.3, -0.25) is 9.69 Å². The highest BCUT2D eigenvalue weighted by Crippen LogP contribution is 2.32. The summed E-state index contributed by atoms with van der Waals surface area (Å²) in [5, 5.41) is 14.3. The normalized spacial score (nSPS) is 11.0. The highest BCUT2D eigenvalue weighted by atomic mass is 32.2. The van der Waals surface area contributed by atoms with Crippen LogP contribution < -0.4 is 4.90 Å². The molecule has 4 rings (SSSR count). The summed E-state index contributed by atoms with van der Waals surface area (Å²) in [4.78, 5) is 19.6. The van der Waals surface area contributed by atoms with Gasteiger partial charge in [0.1, 0.15) is 0 Å². The van der Waals surface area contributed by atoms with Crippen molar-refractivity contribution in [1.29, 1.82) is 0 Å². The highest BCUT2D eigenvalue weighted by Gasteiger charge is 2.19. The second kappa shape index (κ2) is 8.89. The van der Waals surface area contributed by atoms with Gasteiger partial charge in [-0.15, -0.1) is 32.9 Å². The molecule has 0 N–H and O–H groups in total. The van der Waals surface area contributed by atoms with Crippen LogP contribution in [-0.2, 0) is 17.1 Å². The lowest BCUT2D eigenvalue weighted by Gasteiger charge is -2.17. The van der Waals surface area contributed by atoms with E-state index < -0.39 is 0 Å². The molecule has 0 aliphatic carbocycles. The molecular formula is C20H19N5OS3. The maximum absolute atomic E-state index is 12.2. The van der Waals surface area contributed by atoms with Crippen molar-refractivity contribution in [2.24, 2.45) is 0 Å². The fraction of sp³-hybridized carbons (Fsp3) is 0.200. The number of hydrogen-bond donors (Lipinski definition) is 0. The first-order valence-corrected chi connectivity index (χ1v) is 11.8. The molecule has 0 aliphatic rings. The number of thiazole rings is 1. The molecule has 1 aromatic carbocycles. The van der Waals surface area contributed by atoms with E-state index in [9.17, 15) is 4.79 Å². The standard InChI is InChI=1S/C20H19N5OS3/c1-3-24-18(17-10-7-11-27-17)22-23-20(24)29-13-15-12-28-19(21-15)25(14(2)26)16-8-5-4-6-9-16/h4-12H,3,13H2,1-2H3. The van der Waals surface area contributed by atoms with Crippen molar-refractivity contribution in [3.8, 4) is 10.7 Å². The summed E-state index contributed by atoms with van der Waals surface area (Å²) in [6, 6.07) is 13.7. The summed E-state index contributed by atoms with van der Waals surface area (Å²) in [6.45, 7) is 4.45. The Kier molecular flexibility index (Phi) is 6.08. The van der Waals surface area contributed by atoms with Gasteiger partial charge in [0, 0.05) is 24.6 Å². The molecule has 29 heavy (non-hydrogen) atoms. The van der Waals surface area contributed by atoms with E-state index in [-0.39, 0.29) is 5.91 Å². The number of carbonyl (C=O) groups excluding carboxylic acids is 1. The van der Waals surface area contributed by atoms with E-state index in [1.807, 2.05) is 47.2 Å². The number of aromatic nitrogens is 4. The van der Waals surface area contributed by atoms with Gasteiger partial charge in [0.25, 0.3) is 0 Å². The zero-order valence-corrected chi connectivity index (χ0v) is 18.4. The maximum Gasteiger partial charge on any atom is 0.230 e. The van der Waals surface area contributed by atoms with Gasteiger partial charge in [0.15, 0.2) is 16.1 Å². The topological polar surface area (TPSA) is 63.9 Å². The molecule has 3 heterocycles. The Bertz CT molecular complexity index is 1090. The molecule has 148 valence electrons. The van der Waals surface area contributed by atoms with Gasteiger partial charge in [-0.05, 0) is 30.5 Å². The molecule has 0 saturated carbocycles. The summed E-state index contributed by atoms with van der Waals surface area (Å²) in [5.74, 6) is 1.51. The summed E-state index contributed by atoms with van der Waals surface area (Å²) >= 11 is 4.74. The van der Waals surface area contributed by atoms with Crippen molar-refractivity contribution in [1.82, 2.24) is 19.7 Å². The number of carbonyl (C=O) groups is 1. The fourth-order valence-corrected chi connectivity index (χ4v) is 5.48. The second-order valence-electron chi connectivity index (χ2n) is 6.13. The smallest absolute Gasteiger partial charge is 0.230 e. The van der Waals surface area contributed by atoms with Crippen molar-refractivity contribution in [2.45, 2.75) is 31.3 Å². The van der Waals surface area contributed by atoms with E-state index in [2.05, 4.69) is 32.7 Å². The largest absolute Gasteiger partial charge is 0.302 e. The average molecular weight is 442 g/mol. The lowest BCUT2D eigenvalue weighted by molar-refractivity contribution is -0.115. The minimum Gasteiger partial charge on any atom is -0.302 e. The van der Waals surface area contributed by atoms with Crippen LogP contribution in [0.25, 0.3) is 10.7 Å². The molecule has 0 atom stereocenters. The monoisotopic (exact) mass is 441 g/mol. The average Bonchev–Trinajstić information content (AvgIpc) is 3.47. The Morgan fingerprint density at radius 1 is 1.14 bits per heavy atom. The van der Waals surface area contributed by atoms with E-state index in [1.165, 1.54) is 11.3 Å². The van der Waals surface area contributed by atoms with E-state index in [1.54, 1.807) is 34.9 Å². The zero-order chi connectivity index (χ0) is 20.2. The zero-order valence-electron chi connectivity index (χ0n) is 16.0. The molecule has 0 unspecified atom stereocenters. The van der Waals surface area contributed by atoms with E-state index in [4.69, 9.17) is 0 Å². The third-order valence-corrected chi connectivity index (χ3v) is 6.92. The lowest BCUT2D eigenvalue weighted by atomic mass is 10.3. The molecule has 6 nitrogen and oxygen atoms in total. The van der Waals surface area contributed by atoms with Crippen LogP contribution in [0.4, 0.5) is 10.8 Å². The molecule has 0 fully saturated rings. The van der Waals surface area contributed by atoms with Crippen LogP contribution in [0.3, 0.4) is 0 Å². The first-order valence-electron chi connectivity index (χ1n) is 9.07. The van der Waals surface area contributed by atoms with Crippen LogP contribution in [0, 0.1) is 0 Å². The van der Waals surface area contributed by atoms with Gasteiger partial charge in [-0.1, -0.05) is 36.0 Å². The number of thioether (sulfide) groups is 1. The predicted octanol–water partition coefficient (Wildman–Crippen LogP) is 5.46. The Morgan fingerprint density at radius 3 is 2.66 bits per heavy atom. The first kappa shape index (κ1) is 19.8. The number of benzene rings is 1. The lowest BCUT2D eigenvalue weighted by Crippen LogP contribution is -2.22. The first-order chi connectivity index (χ1) is 14.2. The molecular weight excluding hydrogens is 422 g/mol. The van der Waals surface area contributed by atoms with Crippen molar-refractivity contribution in [3.05, 3.63) is 58.9 Å². The summed E-state index contributed by atoms with van der Waals surface area (Å²) < 4.78 is 2.12. The van der Waals surface area contributed by atoms with Crippen molar-refractivity contribution >= 4 is 51.2 Å². The minimum absolute atomic E-state index is 0.0592. The summed E-state index contributed by atoms with van der Waals surface area (Å²) in [7, 11) is 0. The predicted molar refractivity (Wildman–Crippen MR) is 120 cm³/mol. The molecule has 0 spiro atoms. The number of anilines is 2. The van der Waals surface area contributed by atoms with Crippen LogP contribution >= 0.6 is 34.4 Å². The van der Waals surface area contributed by atoms with Crippen LogP contribution in [0.5, 0.6) is 0 Å². The van der Waals surface area contributed by atoms with Gasteiger partial charge >= 0.3 is 0 Å². The Hall–Kier alpha value is -2.49. The van der Waals surface area contributed by atoms with Crippen LogP contribution in [0.1, 0.15) is 19.5 Å². The fourth-order valence-electron chi connectivity index (χ4n) is 2.88. The number of thiophene rings is 1. The third-order valence-electron chi connectivity index (χ3n) is 4.18. The maximum atomic E-state index is 12.2.